The van der Waals surface area contributed by atoms with Crippen LogP contribution in [-0.4, -0.2) is 25.6 Å². The molecular weight excluding hydrogens is 442 g/mol. The summed E-state index contributed by atoms with van der Waals surface area (Å²) in [6, 6.07) is 17.4. The van der Waals surface area contributed by atoms with Crippen LogP contribution in [0, 0.1) is 17.0 Å². The molecule has 0 saturated heterocycles. The lowest BCUT2D eigenvalue weighted by Crippen LogP contribution is -2.17. The molecule has 0 radical (unpaired) electrons. The number of nitro benzene ring substituents is 1. The Bertz CT molecular complexity index is 1450. The molecule has 0 unspecified atom stereocenters. The van der Waals surface area contributed by atoms with E-state index in [1.54, 1.807) is 22.9 Å². The maximum atomic E-state index is 12.6. The Morgan fingerprint density at radius 2 is 1.97 bits per heavy atom. The number of nitrogens with one attached hydrogen (secondary N) is 1. The lowest BCUT2D eigenvalue weighted by molar-refractivity contribution is -0.384. The van der Waals surface area contributed by atoms with Crippen molar-refractivity contribution in [3.8, 4) is 16.6 Å². The number of amides is 1. The summed E-state index contributed by atoms with van der Waals surface area (Å²) in [6.07, 6.45) is 0.0737. The fourth-order valence-electron chi connectivity index (χ4n) is 3.43. The summed E-state index contributed by atoms with van der Waals surface area (Å²) < 4.78 is 7.48. The molecule has 3 heterocycles. The van der Waals surface area contributed by atoms with Crippen LogP contribution < -0.4 is 5.32 Å². The number of para-hydroxylation sites is 1. The van der Waals surface area contributed by atoms with Crippen LogP contribution in [0.1, 0.15) is 11.3 Å². The highest BCUT2D eigenvalue weighted by Crippen LogP contribution is 2.30. The lowest BCUT2D eigenvalue weighted by atomic mass is 10.1. The van der Waals surface area contributed by atoms with E-state index in [0.717, 1.165) is 16.7 Å². The topological polar surface area (TPSA) is 116 Å². The van der Waals surface area contributed by atoms with E-state index < -0.39 is 4.92 Å². The molecule has 164 valence electrons. The molecule has 0 bridgehead atoms. The van der Waals surface area contributed by atoms with Crippen LogP contribution >= 0.6 is 11.3 Å². The predicted molar refractivity (Wildman–Crippen MR) is 125 cm³/mol. The van der Waals surface area contributed by atoms with Gasteiger partial charge in [0.15, 0.2) is 5.76 Å². The van der Waals surface area contributed by atoms with Gasteiger partial charge >= 0.3 is 0 Å². The number of furan rings is 1. The van der Waals surface area contributed by atoms with E-state index in [0.29, 0.717) is 28.0 Å². The molecule has 0 spiro atoms. The number of fused-ring (bicyclic) bond motifs is 1. The van der Waals surface area contributed by atoms with E-state index in [1.165, 1.54) is 23.5 Å². The Kier molecular flexibility index (Phi) is 5.19. The van der Waals surface area contributed by atoms with Crippen molar-refractivity contribution in [2.45, 2.75) is 13.3 Å². The van der Waals surface area contributed by atoms with Crippen molar-refractivity contribution in [2.75, 3.05) is 5.32 Å². The number of aryl methyl sites for hydroxylation is 1. The first kappa shape index (κ1) is 20.6. The fourth-order valence-corrected chi connectivity index (χ4v) is 4.20. The molecule has 1 N–H and O–H groups in total. The van der Waals surface area contributed by atoms with Gasteiger partial charge < -0.3 is 9.73 Å². The van der Waals surface area contributed by atoms with Crippen molar-refractivity contribution in [1.82, 2.24) is 14.8 Å². The number of anilines is 1. The molecule has 9 nitrogen and oxygen atoms in total. The molecule has 5 rings (SSSR count). The highest BCUT2D eigenvalue weighted by Gasteiger charge is 2.16. The third-order valence-electron chi connectivity index (χ3n) is 4.96. The van der Waals surface area contributed by atoms with E-state index in [-0.39, 0.29) is 18.0 Å². The molecule has 1 amide bonds. The second-order valence-electron chi connectivity index (χ2n) is 7.40. The molecule has 0 aliphatic heterocycles. The normalized spacial score (nSPS) is 11.1. The molecule has 5 aromatic rings. The molecular formula is C23H17N5O4S. The largest absolute Gasteiger partial charge is 0.454 e. The minimum atomic E-state index is -0.473. The van der Waals surface area contributed by atoms with Gasteiger partial charge in [0, 0.05) is 29.0 Å². The third-order valence-corrected chi connectivity index (χ3v) is 5.78. The maximum absolute atomic E-state index is 12.6. The van der Waals surface area contributed by atoms with E-state index >= 15 is 0 Å². The minimum Gasteiger partial charge on any atom is -0.454 e. The van der Waals surface area contributed by atoms with Gasteiger partial charge in [-0.1, -0.05) is 30.3 Å². The Balaban J connectivity index is 1.35. The van der Waals surface area contributed by atoms with E-state index in [2.05, 4.69) is 15.4 Å². The number of aromatic nitrogens is 3. The first-order chi connectivity index (χ1) is 16.0. The average molecular weight is 459 g/mol. The van der Waals surface area contributed by atoms with Crippen molar-refractivity contribution in [3.63, 3.8) is 0 Å². The second-order valence-corrected chi connectivity index (χ2v) is 8.23. The van der Waals surface area contributed by atoms with Gasteiger partial charge in [-0.15, -0.1) is 11.3 Å². The van der Waals surface area contributed by atoms with Gasteiger partial charge in [-0.25, -0.2) is 4.98 Å². The Morgan fingerprint density at radius 3 is 2.73 bits per heavy atom. The van der Waals surface area contributed by atoms with Crippen LogP contribution in [0.4, 0.5) is 11.5 Å². The first-order valence-corrected chi connectivity index (χ1v) is 10.9. The summed E-state index contributed by atoms with van der Waals surface area (Å²) in [5.41, 5.74) is 2.85. The molecule has 2 aromatic carbocycles. The number of non-ortho nitro benzene ring substituents is 1. The van der Waals surface area contributed by atoms with Gasteiger partial charge in [-0.3, -0.25) is 14.9 Å². The van der Waals surface area contributed by atoms with Gasteiger partial charge in [0.05, 0.1) is 17.0 Å². The Labute approximate surface area is 191 Å². The van der Waals surface area contributed by atoms with Crippen molar-refractivity contribution >= 4 is 39.7 Å². The monoisotopic (exact) mass is 459 g/mol. The third kappa shape index (κ3) is 4.23. The number of benzene rings is 2. The zero-order valence-electron chi connectivity index (χ0n) is 17.4. The number of hydrogen-bond donors (Lipinski definition) is 1. The smallest absolute Gasteiger partial charge is 0.269 e. The zero-order chi connectivity index (χ0) is 22.9. The SMILES string of the molecule is Cc1cc(NC(=O)Cc2ccc([N+](=O)[O-])cc2)n(-c2nc(-c3cc4ccccc4o3)cs2)n1. The predicted octanol–water partition coefficient (Wildman–Crippen LogP) is 5.14. The van der Waals surface area contributed by atoms with Gasteiger partial charge in [-0.2, -0.15) is 9.78 Å². The molecule has 0 saturated carbocycles. The zero-order valence-corrected chi connectivity index (χ0v) is 18.2. The summed E-state index contributed by atoms with van der Waals surface area (Å²) in [5.74, 6) is 0.885. The minimum absolute atomic E-state index is 0.0168. The first-order valence-electron chi connectivity index (χ1n) is 10.0. The maximum Gasteiger partial charge on any atom is 0.269 e. The van der Waals surface area contributed by atoms with Crippen molar-refractivity contribution in [2.24, 2.45) is 0 Å². The molecule has 0 aliphatic carbocycles. The number of nitro groups is 1. The standard InChI is InChI=1S/C23H17N5O4S/c1-14-10-21(25-22(29)11-15-6-8-17(9-7-15)28(30)31)27(26-14)23-24-18(13-33-23)20-12-16-4-2-3-5-19(16)32-20/h2-10,12-13H,11H2,1H3,(H,25,29). The summed E-state index contributed by atoms with van der Waals surface area (Å²) >= 11 is 1.38. The molecule has 0 aliphatic rings. The molecule has 0 fully saturated rings. The van der Waals surface area contributed by atoms with E-state index in [1.807, 2.05) is 42.6 Å². The average Bonchev–Trinajstić information content (AvgIpc) is 3.51. The van der Waals surface area contributed by atoms with Crippen LogP contribution in [0.3, 0.4) is 0 Å². The number of hydrogen-bond acceptors (Lipinski definition) is 7. The van der Waals surface area contributed by atoms with Gasteiger partial charge in [-0.05, 0) is 24.6 Å². The number of nitrogens with zero attached hydrogens (tertiary/aromatic N) is 4. The van der Waals surface area contributed by atoms with Gasteiger partial charge in [0.25, 0.3) is 5.69 Å². The van der Waals surface area contributed by atoms with Crippen LogP contribution in [0.2, 0.25) is 0 Å². The highest BCUT2D eigenvalue weighted by atomic mass is 32.1. The molecule has 10 heteroatoms. The van der Waals surface area contributed by atoms with Crippen molar-refractivity contribution < 1.29 is 14.1 Å². The highest BCUT2D eigenvalue weighted by molar-refractivity contribution is 7.12. The quantitative estimate of drug-likeness (QED) is 0.278. The lowest BCUT2D eigenvalue weighted by Gasteiger charge is -2.06. The summed E-state index contributed by atoms with van der Waals surface area (Å²) in [7, 11) is 0. The van der Waals surface area contributed by atoms with Crippen LogP contribution in [0.25, 0.3) is 27.6 Å². The van der Waals surface area contributed by atoms with E-state index in [9.17, 15) is 14.9 Å². The molecule has 0 atom stereocenters. The van der Waals surface area contributed by atoms with E-state index in [4.69, 9.17) is 4.42 Å². The fraction of sp³-hybridized carbons (Fsp3) is 0.0870. The number of carbonyl (C=O) groups excluding carboxylic acids is 1. The van der Waals surface area contributed by atoms with Crippen molar-refractivity contribution in [3.05, 3.63) is 87.4 Å². The number of rotatable bonds is 6. The molecule has 3 aromatic heterocycles. The Hall–Kier alpha value is -4.31. The van der Waals surface area contributed by atoms with Crippen molar-refractivity contribution in [1.29, 1.82) is 0 Å². The summed E-state index contributed by atoms with van der Waals surface area (Å²) in [6.45, 7) is 1.83. The second kappa shape index (κ2) is 8.32. The van der Waals surface area contributed by atoms with Crippen LogP contribution in [0.5, 0.6) is 0 Å². The number of carbonyl (C=O) groups is 1. The van der Waals surface area contributed by atoms with Gasteiger partial charge in [0.1, 0.15) is 17.1 Å². The van der Waals surface area contributed by atoms with Crippen LogP contribution in [0.15, 0.2) is 70.5 Å². The summed E-state index contributed by atoms with van der Waals surface area (Å²) in [4.78, 5) is 27.6. The Morgan fingerprint density at radius 1 is 1.18 bits per heavy atom. The molecule has 33 heavy (non-hydrogen) atoms. The number of thiazole rings is 1. The summed E-state index contributed by atoms with van der Waals surface area (Å²) in [5, 5.41) is 21.6. The van der Waals surface area contributed by atoms with Crippen LogP contribution in [-0.2, 0) is 11.2 Å². The van der Waals surface area contributed by atoms with Gasteiger partial charge in [0.2, 0.25) is 11.0 Å².